The summed E-state index contributed by atoms with van der Waals surface area (Å²) in [6, 6.07) is 8.72. The van der Waals surface area contributed by atoms with Gasteiger partial charge in [0.25, 0.3) is 0 Å². The molecular formula is C14H23BrN2O. The van der Waals surface area contributed by atoms with Gasteiger partial charge >= 0.3 is 0 Å². The zero-order chi connectivity index (χ0) is 13.7. The number of benzene rings is 1. The number of aliphatic hydroxyl groups is 1. The molecule has 0 aromatic heterocycles. The summed E-state index contributed by atoms with van der Waals surface area (Å²) in [5, 5.41) is 9.22. The molecule has 2 atom stereocenters. The minimum atomic E-state index is 0.0140. The van der Waals surface area contributed by atoms with Gasteiger partial charge in [0.05, 0.1) is 6.61 Å². The molecule has 0 aliphatic carbocycles. The average Bonchev–Trinajstić information content (AvgIpc) is 2.30. The van der Waals surface area contributed by atoms with Crippen molar-refractivity contribution in [1.29, 1.82) is 0 Å². The normalized spacial score (nSPS) is 15.1. The van der Waals surface area contributed by atoms with Crippen molar-refractivity contribution in [2.75, 3.05) is 13.2 Å². The molecule has 0 aliphatic rings. The molecule has 1 aromatic rings. The predicted molar refractivity (Wildman–Crippen MR) is 79.5 cm³/mol. The van der Waals surface area contributed by atoms with Crippen molar-refractivity contribution >= 4 is 15.9 Å². The van der Waals surface area contributed by atoms with Crippen LogP contribution in [0.15, 0.2) is 28.7 Å². The summed E-state index contributed by atoms with van der Waals surface area (Å²) < 4.78 is 1.06. The van der Waals surface area contributed by atoms with Crippen LogP contribution >= 0.6 is 15.9 Å². The molecule has 0 fully saturated rings. The molecule has 102 valence electrons. The first kappa shape index (κ1) is 15.6. The highest BCUT2D eigenvalue weighted by molar-refractivity contribution is 9.10. The van der Waals surface area contributed by atoms with Crippen LogP contribution in [0.25, 0.3) is 0 Å². The minimum absolute atomic E-state index is 0.0140. The number of rotatable bonds is 6. The van der Waals surface area contributed by atoms with Gasteiger partial charge in [0, 0.05) is 29.1 Å². The van der Waals surface area contributed by atoms with Gasteiger partial charge in [-0.05, 0) is 38.5 Å². The molecule has 1 aromatic carbocycles. The monoisotopic (exact) mass is 314 g/mol. The Morgan fingerprint density at radius 1 is 1.22 bits per heavy atom. The van der Waals surface area contributed by atoms with Crippen LogP contribution in [0.4, 0.5) is 0 Å². The number of nitrogens with zero attached hydrogens (tertiary/aromatic N) is 1. The summed E-state index contributed by atoms with van der Waals surface area (Å²) in [7, 11) is 0. The first-order valence-corrected chi connectivity index (χ1v) is 7.14. The summed E-state index contributed by atoms with van der Waals surface area (Å²) in [6.07, 6.45) is 0. The number of hydrogen-bond acceptors (Lipinski definition) is 3. The second-order valence-electron chi connectivity index (χ2n) is 4.91. The second kappa shape index (κ2) is 7.24. The third kappa shape index (κ3) is 4.05. The van der Waals surface area contributed by atoms with Crippen LogP contribution in [-0.2, 0) is 0 Å². The van der Waals surface area contributed by atoms with Gasteiger partial charge in [0.1, 0.15) is 0 Å². The Morgan fingerprint density at radius 2 is 1.78 bits per heavy atom. The quantitative estimate of drug-likeness (QED) is 0.848. The number of halogens is 1. The second-order valence-corrected chi connectivity index (χ2v) is 5.83. The number of hydrogen-bond donors (Lipinski definition) is 2. The number of nitrogens with two attached hydrogens (primary N) is 1. The van der Waals surface area contributed by atoms with Crippen molar-refractivity contribution in [1.82, 2.24) is 4.90 Å². The molecule has 2 unspecified atom stereocenters. The Morgan fingerprint density at radius 3 is 2.17 bits per heavy atom. The Kier molecular flexibility index (Phi) is 6.29. The highest BCUT2D eigenvalue weighted by Crippen LogP contribution is 2.26. The zero-order valence-electron chi connectivity index (χ0n) is 11.3. The first-order valence-electron chi connectivity index (χ1n) is 6.35. The van der Waals surface area contributed by atoms with E-state index in [1.807, 2.05) is 19.1 Å². The summed E-state index contributed by atoms with van der Waals surface area (Å²) in [5.74, 6) is 0. The molecule has 0 bridgehead atoms. The van der Waals surface area contributed by atoms with Gasteiger partial charge in [-0.15, -0.1) is 0 Å². The van der Waals surface area contributed by atoms with E-state index in [-0.39, 0.29) is 18.7 Å². The van der Waals surface area contributed by atoms with E-state index in [1.54, 1.807) is 0 Å². The number of aliphatic hydroxyl groups excluding tert-OH is 1. The predicted octanol–water partition coefficient (Wildman–Crippen LogP) is 2.54. The Labute approximate surface area is 118 Å². The zero-order valence-corrected chi connectivity index (χ0v) is 12.9. The van der Waals surface area contributed by atoms with Crippen LogP contribution in [0.1, 0.15) is 32.4 Å². The topological polar surface area (TPSA) is 49.5 Å². The Hall–Kier alpha value is -0.420. The average molecular weight is 315 g/mol. The fourth-order valence-corrected chi connectivity index (χ4v) is 2.56. The van der Waals surface area contributed by atoms with E-state index in [0.717, 1.165) is 4.47 Å². The lowest BCUT2D eigenvalue weighted by molar-refractivity contribution is 0.105. The molecule has 0 saturated heterocycles. The molecule has 1 rings (SSSR count). The van der Waals surface area contributed by atoms with Gasteiger partial charge in [-0.3, -0.25) is 4.90 Å². The van der Waals surface area contributed by atoms with E-state index in [1.165, 1.54) is 5.56 Å². The van der Waals surface area contributed by atoms with Crippen molar-refractivity contribution in [2.45, 2.75) is 38.9 Å². The molecule has 18 heavy (non-hydrogen) atoms. The lowest BCUT2D eigenvalue weighted by atomic mass is 9.98. The summed E-state index contributed by atoms with van der Waals surface area (Å²) in [4.78, 5) is 2.24. The molecule has 3 nitrogen and oxygen atoms in total. The van der Waals surface area contributed by atoms with Crippen molar-refractivity contribution < 1.29 is 5.11 Å². The van der Waals surface area contributed by atoms with Gasteiger partial charge in [-0.2, -0.15) is 0 Å². The molecule has 0 radical (unpaired) electrons. The van der Waals surface area contributed by atoms with Gasteiger partial charge in [0.2, 0.25) is 0 Å². The maximum absolute atomic E-state index is 9.22. The van der Waals surface area contributed by atoms with Crippen molar-refractivity contribution in [3.63, 3.8) is 0 Å². The van der Waals surface area contributed by atoms with Crippen LogP contribution in [0, 0.1) is 0 Å². The first-order chi connectivity index (χ1) is 8.47. The van der Waals surface area contributed by atoms with Crippen molar-refractivity contribution in [2.24, 2.45) is 5.73 Å². The molecule has 0 heterocycles. The largest absolute Gasteiger partial charge is 0.395 e. The lowest BCUT2D eigenvalue weighted by Crippen LogP contribution is -2.44. The SMILES string of the molecule is CC(N)C(c1ccc(Br)cc1)N(CCO)C(C)C. The van der Waals surface area contributed by atoms with Gasteiger partial charge in [0.15, 0.2) is 0 Å². The van der Waals surface area contributed by atoms with E-state index in [0.29, 0.717) is 12.6 Å². The standard InChI is InChI=1S/C14H23BrN2O/c1-10(2)17(8-9-18)14(11(3)16)12-4-6-13(15)7-5-12/h4-7,10-11,14,18H,8-9,16H2,1-3H3. The fourth-order valence-electron chi connectivity index (χ4n) is 2.29. The molecule has 0 spiro atoms. The van der Waals surface area contributed by atoms with E-state index in [2.05, 4.69) is 46.8 Å². The summed E-state index contributed by atoms with van der Waals surface area (Å²) in [5.41, 5.74) is 7.33. The van der Waals surface area contributed by atoms with Crippen LogP contribution in [0.3, 0.4) is 0 Å². The maximum atomic E-state index is 9.22. The molecule has 0 aliphatic heterocycles. The fraction of sp³-hybridized carbons (Fsp3) is 0.571. The van der Waals surface area contributed by atoms with Crippen LogP contribution < -0.4 is 5.73 Å². The van der Waals surface area contributed by atoms with Crippen LogP contribution in [0.2, 0.25) is 0 Å². The lowest BCUT2D eigenvalue weighted by Gasteiger charge is -2.37. The maximum Gasteiger partial charge on any atom is 0.0558 e. The van der Waals surface area contributed by atoms with Crippen LogP contribution in [-0.4, -0.2) is 35.2 Å². The van der Waals surface area contributed by atoms with E-state index in [9.17, 15) is 5.11 Å². The van der Waals surface area contributed by atoms with E-state index >= 15 is 0 Å². The van der Waals surface area contributed by atoms with Gasteiger partial charge < -0.3 is 10.8 Å². The van der Waals surface area contributed by atoms with Crippen LogP contribution in [0.5, 0.6) is 0 Å². The smallest absolute Gasteiger partial charge is 0.0558 e. The summed E-state index contributed by atoms with van der Waals surface area (Å²) >= 11 is 3.44. The van der Waals surface area contributed by atoms with Gasteiger partial charge in [-0.25, -0.2) is 0 Å². The highest BCUT2D eigenvalue weighted by Gasteiger charge is 2.25. The van der Waals surface area contributed by atoms with Gasteiger partial charge in [-0.1, -0.05) is 28.1 Å². The third-order valence-electron chi connectivity index (χ3n) is 3.09. The van der Waals surface area contributed by atoms with E-state index in [4.69, 9.17) is 5.73 Å². The van der Waals surface area contributed by atoms with E-state index < -0.39 is 0 Å². The molecule has 4 heteroatoms. The molecular weight excluding hydrogens is 292 g/mol. The Bertz CT molecular complexity index is 351. The highest BCUT2D eigenvalue weighted by atomic mass is 79.9. The van der Waals surface area contributed by atoms with Crippen molar-refractivity contribution in [3.05, 3.63) is 34.3 Å². The minimum Gasteiger partial charge on any atom is -0.395 e. The third-order valence-corrected chi connectivity index (χ3v) is 3.62. The van der Waals surface area contributed by atoms with Crippen molar-refractivity contribution in [3.8, 4) is 0 Å². The Balaban J connectivity index is 3.03. The molecule has 3 N–H and O–H groups in total. The molecule has 0 saturated carbocycles. The molecule has 0 amide bonds. The summed E-state index contributed by atoms with van der Waals surface area (Å²) in [6.45, 7) is 7.06.